The van der Waals surface area contributed by atoms with Gasteiger partial charge in [0, 0.05) is 17.3 Å². The molecule has 1 atom stereocenters. The third-order valence-electron chi connectivity index (χ3n) is 4.60. The normalized spacial score (nSPS) is 12.6. The number of nitrogens with zero attached hydrogens (tertiary/aromatic N) is 1. The molecule has 1 N–H and O–H groups in total. The van der Waals surface area contributed by atoms with Crippen LogP contribution in [0.4, 0.5) is 9.18 Å². The quantitative estimate of drug-likeness (QED) is 0.598. The van der Waals surface area contributed by atoms with Gasteiger partial charge in [-0.05, 0) is 65.3 Å². The van der Waals surface area contributed by atoms with Gasteiger partial charge in [0.1, 0.15) is 16.9 Å². The van der Waals surface area contributed by atoms with E-state index in [1.165, 1.54) is 12.3 Å². The SMILES string of the molecule is Cc1cc(C(C)NC(=O)OC(C)(C)C)c2oc(-c3cccnc3F)c(C)c(=O)c2c1. The zero-order valence-corrected chi connectivity index (χ0v) is 17.9. The lowest BCUT2D eigenvalue weighted by Gasteiger charge is -2.22. The number of nitrogens with one attached hydrogen (secondary N) is 1. The van der Waals surface area contributed by atoms with Crippen LogP contribution < -0.4 is 10.7 Å². The molecule has 0 fully saturated rings. The van der Waals surface area contributed by atoms with Gasteiger partial charge in [0.2, 0.25) is 5.95 Å². The second-order valence-corrected chi connectivity index (χ2v) is 8.33. The fraction of sp³-hybridized carbons (Fsp3) is 0.348. The highest BCUT2D eigenvalue weighted by molar-refractivity contribution is 5.84. The van der Waals surface area contributed by atoms with Crippen LogP contribution in [0.15, 0.2) is 39.7 Å². The van der Waals surface area contributed by atoms with Crippen molar-refractivity contribution in [3.63, 3.8) is 0 Å². The third kappa shape index (κ3) is 4.35. The molecule has 6 nitrogen and oxygen atoms in total. The van der Waals surface area contributed by atoms with Crippen molar-refractivity contribution in [3.05, 3.63) is 63.3 Å². The fourth-order valence-electron chi connectivity index (χ4n) is 3.26. The lowest BCUT2D eigenvalue weighted by molar-refractivity contribution is 0.0508. The first-order valence-electron chi connectivity index (χ1n) is 9.66. The maximum Gasteiger partial charge on any atom is 0.408 e. The summed E-state index contributed by atoms with van der Waals surface area (Å²) < 4.78 is 25.7. The molecule has 0 aliphatic heterocycles. The summed E-state index contributed by atoms with van der Waals surface area (Å²) in [5.74, 6) is -0.607. The van der Waals surface area contributed by atoms with Crippen molar-refractivity contribution in [1.29, 1.82) is 0 Å². The predicted octanol–water partition coefficient (Wildman–Crippen LogP) is 5.20. The number of hydrogen-bond acceptors (Lipinski definition) is 5. The molecule has 1 amide bonds. The van der Waals surface area contributed by atoms with Gasteiger partial charge in [-0.25, -0.2) is 9.78 Å². The molecule has 30 heavy (non-hydrogen) atoms. The van der Waals surface area contributed by atoms with Gasteiger partial charge in [-0.1, -0.05) is 6.07 Å². The Hall–Kier alpha value is -3.22. The average Bonchev–Trinajstić information content (AvgIpc) is 2.63. The van der Waals surface area contributed by atoms with E-state index in [0.717, 1.165) is 5.56 Å². The zero-order chi connectivity index (χ0) is 22.2. The molecule has 0 aliphatic rings. The summed E-state index contributed by atoms with van der Waals surface area (Å²) in [4.78, 5) is 28.9. The Labute approximate surface area is 174 Å². The standard InChI is InChI=1S/C23H25FN2O4/c1-12-10-16(14(3)26-22(28)30-23(4,5)6)20-17(11-12)18(27)13(2)19(29-20)15-8-7-9-25-21(15)24/h7-11,14H,1-6H3,(H,26,28). The second-order valence-electron chi connectivity index (χ2n) is 8.33. The monoisotopic (exact) mass is 412 g/mol. The van der Waals surface area contributed by atoms with Gasteiger partial charge in [-0.2, -0.15) is 4.39 Å². The van der Waals surface area contributed by atoms with Crippen LogP contribution in [0.2, 0.25) is 0 Å². The molecule has 2 heterocycles. The molecule has 2 aromatic heterocycles. The van der Waals surface area contributed by atoms with Crippen molar-refractivity contribution < 1.29 is 18.3 Å². The molecule has 3 aromatic rings. The Bertz CT molecular complexity index is 1180. The van der Waals surface area contributed by atoms with Crippen molar-refractivity contribution >= 4 is 17.1 Å². The first-order valence-corrected chi connectivity index (χ1v) is 9.66. The third-order valence-corrected chi connectivity index (χ3v) is 4.60. The van der Waals surface area contributed by atoms with E-state index in [0.29, 0.717) is 16.5 Å². The highest BCUT2D eigenvalue weighted by Gasteiger charge is 2.23. The highest BCUT2D eigenvalue weighted by Crippen LogP contribution is 2.31. The number of benzene rings is 1. The molecule has 0 radical (unpaired) electrons. The number of hydrogen-bond donors (Lipinski definition) is 1. The number of halogens is 1. The van der Waals surface area contributed by atoms with E-state index in [9.17, 15) is 14.0 Å². The number of carbonyl (C=O) groups excluding carboxylic acids is 1. The number of ether oxygens (including phenoxy) is 1. The number of carbonyl (C=O) groups is 1. The van der Waals surface area contributed by atoms with Gasteiger partial charge < -0.3 is 14.5 Å². The number of amides is 1. The van der Waals surface area contributed by atoms with Crippen LogP contribution in [0.25, 0.3) is 22.3 Å². The van der Waals surface area contributed by atoms with Gasteiger partial charge in [0.25, 0.3) is 0 Å². The molecular formula is C23H25FN2O4. The number of aromatic nitrogens is 1. The van der Waals surface area contributed by atoms with E-state index in [2.05, 4.69) is 10.3 Å². The average molecular weight is 412 g/mol. The summed E-state index contributed by atoms with van der Waals surface area (Å²) in [6, 6.07) is 6.12. The first-order chi connectivity index (χ1) is 14.0. The highest BCUT2D eigenvalue weighted by atomic mass is 19.1. The number of alkyl carbamates (subject to hydrolysis) is 1. The first kappa shape index (κ1) is 21.5. The van der Waals surface area contributed by atoms with Crippen molar-refractivity contribution in [2.45, 2.75) is 53.2 Å². The van der Waals surface area contributed by atoms with E-state index in [1.54, 1.807) is 46.8 Å². The summed E-state index contributed by atoms with van der Waals surface area (Å²) in [5.41, 5.74) is 1.21. The van der Waals surface area contributed by atoms with Crippen LogP contribution in [0.1, 0.15) is 50.4 Å². The van der Waals surface area contributed by atoms with Crippen molar-refractivity contribution in [2.24, 2.45) is 0 Å². The molecule has 0 saturated carbocycles. The Morgan fingerprint density at radius 3 is 2.60 bits per heavy atom. The van der Waals surface area contributed by atoms with E-state index in [4.69, 9.17) is 9.15 Å². The molecular weight excluding hydrogens is 387 g/mol. The van der Waals surface area contributed by atoms with Crippen molar-refractivity contribution in [2.75, 3.05) is 0 Å². The number of rotatable bonds is 3. The Balaban J connectivity index is 2.17. The summed E-state index contributed by atoms with van der Waals surface area (Å²) in [5, 5.41) is 3.14. The van der Waals surface area contributed by atoms with E-state index >= 15 is 0 Å². The number of fused-ring (bicyclic) bond motifs is 1. The zero-order valence-electron chi connectivity index (χ0n) is 17.9. The summed E-state index contributed by atoms with van der Waals surface area (Å²) >= 11 is 0. The number of aryl methyl sites for hydroxylation is 1. The molecule has 0 spiro atoms. The fourth-order valence-corrected chi connectivity index (χ4v) is 3.26. The van der Waals surface area contributed by atoms with Gasteiger partial charge in [-0.3, -0.25) is 4.79 Å². The lowest BCUT2D eigenvalue weighted by Crippen LogP contribution is -2.34. The minimum absolute atomic E-state index is 0.105. The van der Waals surface area contributed by atoms with Crippen LogP contribution in [0, 0.1) is 19.8 Å². The topological polar surface area (TPSA) is 81.4 Å². The lowest BCUT2D eigenvalue weighted by atomic mass is 9.99. The molecule has 7 heteroatoms. The molecule has 0 bridgehead atoms. The largest absolute Gasteiger partial charge is 0.455 e. The van der Waals surface area contributed by atoms with Gasteiger partial charge >= 0.3 is 6.09 Å². The van der Waals surface area contributed by atoms with Crippen LogP contribution in [-0.4, -0.2) is 16.7 Å². The molecule has 0 saturated heterocycles. The Morgan fingerprint density at radius 1 is 1.27 bits per heavy atom. The molecule has 0 aliphatic carbocycles. The van der Waals surface area contributed by atoms with E-state index < -0.39 is 23.7 Å². The summed E-state index contributed by atoms with van der Waals surface area (Å²) in [7, 11) is 0. The van der Waals surface area contributed by atoms with Crippen molar-refractivity contribution in [3.8, 4) is 11.3 Å². The predicted molar refractivity (Wildman–Crippen MR) is 113 cm³/mol. The van der Waals surface area contributed by atoms with Gasteiger partial charge in [0.15, 0.2) is 5.43 Å². The smallest absolute Gasteiger partial charge is 0.408 e. The maximum atomic E-state index is 14.3. The molecule has 158 valence electrons. The minimum atomic E-state index is -0.725. The molecule has 1 aromatic carbocycles. The Kier molecular flexibility index (Phi) is 5.65. The van der Waals surface area contributed by atoms with E-state index in [-0.39, 0.29) is 22.3 Å². The van der Waals surface area contributed by atoms with E-state index in [1.807, 2.05) is 13.0 Å². The number of pyridine rings is 1. The summed E-state index contributed by atoms with van der Waals surface area (Å²) in [6.07, 6.45) is 0.743. The van der Waals surface area contributed by atoms with Crippen LogP contribution in [0.5, 0.6) is 0 Å². The van der Waals surface area contributed by atoms with Crippen LogP contribution >= 0.6 is 0 Å². The summed E-state index contributed by atoms with van der Waals surface area (Å²) in [6.45, 7) is 10.5. The Morgan fingerprint density at radius 2 is 1.97 bits per heavy atom. The molecule has 3 rings (SSSR count). The maximum absolute atomic E-state index is 14.3. The minimum Gasteiger partial charge on any atom is -0.455 e. The molecule has 1 unspecified atom stereocenters. The van der Waals surface area contributed by atoms with Crippen LogP contribution in [-0.2, 0) is 4.74 Å². The van der Waals surface area contributed by atoms with Crippen molar-refractivity contribution in [1.82, 2.24) is 10.3 Å². The van der Waals surface area contributed by atoms with Crippen LogP contribution in [0.3, 0.4) is 0 Å². The van der Waals surface area contributed by atoms with Gasteiger partial charge in [0.05, 0.1) is 17.0 Å². The second kappa shape index (κ2) is 7.89. The van der Waals surface area contributed by atoms with Gasteiger partial charge in [-0.15, -0.1) is 0 Å².